The molecule has 3 aromatic rings. The molecule has 0 amide bonds. The fraction of sp³-hybridized carbons (Fsp3) is 0.294. The lowest BCUT2D eigenvalue weighted by molar-refractivity contribution is 0.255. The van der Waals surface area contributed by atoms with Gasteiger partial charge in [0.2, 0.25) is 0 Å². The topological polar surface area (TPSA) is 18.5 Å². The Morgan fingerprint density at radius 1 is 0.778 bits per heavy atom. The van der Waals surface area contributed by atoms with Gasteiger partial charge in [-0.15, -0.1) is 6.58 Å². The predicted octanol–water partition coefficient (Wildman–Crippen LogP) is 9.37. The third kappa shape index (κ3) is 8.30. The lowest BCUT2D eigenvalue weighted by Crippen LogP contribution is -2.18. The van der Waals surface area contributed by atoms with Crippen molar-refractivity contribution < 1.29 is 9.47 Å². The molecule has 0 aliphatic heterocycles. The highest BCUT2D eigenvalue weighted by Crippen LogP contribution is 2.37. The number of hydrogen-bond donors (Lipinski definition) is 0. The van der Waals surface area contributed by atoms with Gasteiger partial charge >= 0.3 is 0 Å². The Kier molecular flexibility index (Phi) is 10.2. The summed E-state index contributed by atoms with van der Waals surface area (Å²) < 4.78 is 12.5. The van der Waals surface area contributed by atoms with Crippen molar-refractivity contribution in [3.05, 3.63) is 132 Å². The Bertz CT molecular complexity index is 1150. The molecule has 2 heteroatoms. The molecule has 1 unspecified atom stereocenters. The highest BCUT2D eigenvalue weighted by molar-refractivity contribution is 5.47. The summed E-state index contributed by atoms with van der Waals surface area (Å²) in [5.74, 6) is 1.50. The predicted molar refractivity (Wildman–Crippen MR) is 153 cm³/mol. The average molecular weight is 481 g/mol. The molecule has 3 aromatic carbocycles. The fourth-order valence-corrected chi connectivity index (χ4v) is 3.96. The Morgan fingerprint density at radius 3 is 1.92 bits per heavy atom. The standard InChI is InChI=1S/C34H40O2/c1-6-34(5,23-22-28(4)15-13-14-27(2)3)31-20-21-32(35-25-29-16-9-7-10-17-29)33(24-31)36-26-30-18-11-8-12-19-30/h6-12,14,16-22,24H,1,13,15,23,25-26H2,2-5H3/b28-22+. The molecule has 188 valence electrons. The van der Waals surface area contributed by atoms with E-state index in [4.69, 9.17) is 9.47 Å². The lowest BCUT2D eigenvalue weighted by atomic mass is 9.79. The molecule has 0 saturated carbocycles. The molecule has 0 radical (unpaired) electrons. The first kappa shape index (κ1) is 27.1. The van der Waals surface area contributed by atoms with Crippen molar-refractivity contribution in [2.75, 3.05) is 0 Å². The molecular formula is C34H40O2. The molecule has 0 aliphatic rings. The highest BCUT2D eigenvalue weighted by atomic mass is 16.5. The molecule has 0 N–H and O–H groups in total. The van der Waals surface area contributed by atoms with Crippen molar-refractivity contribution in [1.29, 1.82) is 0 Å². The van der Waals surface area contributed by atoms with Crippen LogP contribution in [-0.4, -0.2) is 0 Å². The summed E-state index contributed by atoms with van der Waals surface area (Å²) in [7, 11) is 0. The van der Waals surface area contributed by atoms with E-state index in [1.54, 1.807) is 0 Å². The minimum Gasteiger partial charge on any atom is -0.485 e. The van der Waals surface area contributed by atoms with Crippen LogP contribution in [0.25, 0.3) is 0 Å². The second kappa shape index (κ2) is 13.5. The van der Waals surface area contributed by atoms with E-state index >= 15 is 0 Å². The normalized spacial score (nSPS) is 12.9. The average Bonchev–Trinajstić information content (AvgIpc) is 2.90. The third-order valence-electron chi connectivity index (χ3n) is 6.49. The van der Waals surface area contributed by atoms with Gasteiger partial charge in [-0.2, -0.15) is 0 Å². The maximum Gasteiger partial charge on any atom is 0.162 e. The molecule has 3 rings (SSSR count). The van der Waals surface area contributed by atoms with Crippen molar-refractivity contribution in [3.63, 3.8) is 0 Å². The van der Waals surface area contributed by atoms with Crippen molar-refractivity contribution in [2.24, 2.45) is 0 Å². The van der Waals surface area contributed by atoms with Crippen molar-refractivity contribution >= 4 is 0 Å². The first-order chi connectivity index (χ1) is 17.4. The Balaban J connectivity index is 1.81. The number of hydrogen-bond acceptors (Lipinski definition) is 2. The Hall–Kier alpha value is -3.52. The maximum atomic E-state index is 6.31. The van der Waals surface area contributed by atoms with E-state index in [9.17, 15) is 0 Å². The molecule has 36 heavy (non-hydrogen) atoms. The third-order valence-corrected chi connectivity index (χ3v) is 6.49. The first-order valence-corrected chi connectivity index (χ1v) is 12.8. The van der Waals surface area contributed by atoms with E-state index in [-0.39, 0.29) is 5.41 Å². The summed E-state index contributed by atoms with van der Waals surface area (Å²) in [5, 5.41) is 0. The molecule has 0 bridgehead atoms. The smallest absolute Gasteiger partial charge is 0.162 e. The number of rotatable bonds is 13. The zero-order valence-corrected chi connectivity index (χ0v) is 22.3. The van der Waals surface area contributed by atoms with E-state index in [1.807, 2.05) is 48.5 Å². The highest BCUT2D eigenvalue weighted by Gasteiger charge is 2.23. The van der Waals surface area contributed by atoms with Gasteiger partial charge in [-0.1, -0.05) is 103 Å². The van der Waals surface area contributed by atoms with E-state index in [0.717, 1.165) is 41.9 Å². The van der Waals surface area contributed by atoms with Crippen molar-refractivity contribution in [3.8, 4) is 11.5 Å². The second-order valence-electron chi connectivity index (χ2n) is 9.91. The minimum atomic E-state index is -0.208. The maximum absolute atomic E-state index is 6.31. The summed E-state index contributed by atoms with van der Waals surface area (Å²) in [6.45, 7) is 13.9. The summed E-state index contributed by atoms with van der Waals surface area (Å²) in [6.07, 6.45) is 9.75. The molecule has 0 heterocycles. The van der Waals surface area contributed by atoms with Gasteiger partial charge in [0, 0.05) is 5.41 Å². The summed E-state index contributed by atoms with van der Waals surface area (Å²) >= 11 is 0. The number of ether oxygens (including phenoxy) is 2. The van der Waals surface area contributed by atoms with Crippen LogP contribution in [0, 0.1) is 0 Å². The van der Waals surface area contributed by atoms with E-state index < -0.39 is 0 Å². The van der Waals surface area contributed by atoms with Gasteiger partial charge in [0.1, 0.15) is 13.2 Å². The zero-order chi connectivity index (χ0) is 25.8. The second-order valence-corrected chi connectivity index (χ2v) is 9.91. The summed E-state index contributed by atoms with van der Waals surface area (Å²) in [5.41, 5.74) is 5.99. The van der Waals surface area contributed by atoms with Gasteiger partial charge in [-0.3, -0.25) is 0 Å². The molecule has 0 aliphatic carbocycles. The Morgan fingerprint density at radius 2 is 1.36 bits per heavy atom. The van der Waals surface area contributed by atoms with E-state index in [2.05, 4.69) is 82.8 Å². The quantitative estimate of drug-likeness (QED) is 0.227. The van der Waals surface area contributed by atoms with Crippen LogP contribution in [0.4, 0.5) is 0 Å². The van der Waals surface area contributed by atoms with Crippen LogP contribution in [0.15, 0.2) is 115 Å². The van der Waals surface area contributed by atoms with Crippen LogP contribution < -0.4 is 9.47 Å². The lowest BCUT2D eigenvalue weighted by Gasteiger charge is -2.27. The van der Waals surface area contributed by atoms with Crippen LogP contribution in [0.1, 0.15) is 63.6 Å². The van der Waals surface area contributed by atoms with Gasteiger partial charge in [0.05, 0.1) is 0 Å². The molecule has 2 nitrogen and oxygen atoms in total. The van der Waals surface area contributed by atoms with Crippen LogP contribution >= 0.6 is 0 Å². The van der Waals surface area contributed by atoms with E-state index in [1.165, 1.54) is 16.7 Å². The summed E-state index contributed by atoms with van der Waals surface area (Å²) in [6, 6.07) is 26.7. The largest absolute Gasteiger partial charge is 0.485 e. The number of allylic oxidation sites excluding steroid dienone is 5. The van der Waals surface area contributed by atoms with Crippen LogP contribution in [0.5, 0.6) is 11.5 Å². The molecule has 0 spiro atoms. The van der Waals surface area contributed by atoms with Crippen LogP contribution in [0.2, 0.25) is 0 Å². The molecule has 0 saturated heterocycles. The van der Waals surface area contributed by atoms with Crippen LogP contribution in [-0.2, 0) is 18.6 Å². The van der Waals surface area contributed by atoms with Crippen LogP contribution in [0.3, 0.4) is 0 Å². The number of benzene rings is 3. The van der Waals surface area contributed by atoms with Gasteiger partial charge < -0.3 is 9.47 Å². The Labute approximate surface area is 218 Å². The van der Waals surface area contributed by atoms with Gasteiger partial charge in [0.15, 0.2) is 11.5 Å². The summed E-state index contributed by atoms with van der Waals surface area (Å²) in [4.78, 5) is 0. The fourth-order valence-electron chi connectivity index (χ4n) is 3.96. The molecule has 0 fully saturated rings. The van der Waals surface area contributed by atoms with Crippen molar-refractivity contribution in [1.82, 2.24) is 0 Å². The van der Waals surface area contributed by atoms with E-state index in [0.29, 0.717) is 13.2 Å². The first-order valence-electron chi connectivity index (χ1n) is 12.8. The van der Waals surface area contributed by atoms with Gasteiger partial charge in [-0.05, 0) is 68.9 Å². The molecular weight excluding hydrogens is 440 g/mol. The monoisotopic (exact) mass is 480 g/mol. The molecule has 0 aromatic heterocycles. The minimum absolute atomic E-state index is 0.208. The van der Waals surface area contributed by atoms with Gasteiger partial charge in [-0.25, -0.2) is 0 Å². The molecule has 1 atom stereocenters. The van der Waals surface area contributed by atoms with Crippen molar-refractivity contribution in [2.45, 2.75) is 65.6 Å². The zero-order valence-electron chi connectivity index (χ0n) is 22.3. The SMILES string of the molecule is C=CC(C)(C/C=C(\C)CCC=C(C)C)c1ccc(OCc2ccccc2)c(OCc2ccccc2)c1. The van der Waals surface area contributed by atoms with Gasteiger partial charge in [0.25, 0.3) is 0 Å².